The molecule has 1 aromatic rings. The number of fused-ring (bicyclic) bond motifs is 1. The molecular weight excluding hydrogens is 220 g/mol. The summed E-state index contributed by atoms with van der Waals surface area (Å²) in [6.07, 6.45) is 6.55. The van der Waals surface area contributed by atoms with Gasteiger partial charge < -0.3 is 0 Å². The number of hydrogen-bond acceptors (Lipinski definition) is 3. The third-order valence-electron chi connectivity index (χ3n) is 3.21. The zero-order chi connectivity index (χ0) is 11.0. The lowest BCUT2D eigenvalue weighted by atomic mass is 9.74. The maximum Gasteiger partial charge on any atom is 0.281 e. The van der Waals surface area contributed by atoms with Crippen molar-refractivity contribution in [2.75, 3.05) is 0 Å². The van der Waals surface area contributed by atoms with Crippen LogP contribution in [-0.4, -0.2) is 11.6 Å². The summed E-state index contributed by atoms with van der Waals surface area (Å²) in [6.45, 7) is 0. The van der Waals surface area contributed by atoms with Crippen LogP contribution in [0.5, 0.6) is 0 Å². The van der Waals surface area contributed by atoms with Crippen LogP contribution in [0.25, 0.3) is 0 Å². The molecule has 1 amide bonds. The quantitative estimate of drug-likeness (QED) is 0.617. The van der Waals surface area contributed by atoms with Gasteiger partial charge in [-0.25, -0.2) is 5.43 Å². The minimum Gasteiger partial charge on any atom is -0.266 e. The van der Waals surface area contributed by atoms with Crippen LogP contribution in [0.4, 0.5) is 0 Å². The second kappa shape index (κ2) is 3.87. The Morgan fingerprint density at radius 2 is 2.50 bits per heavy atom. The summed E-state index contributed by atoms with van der Waals surface area (Å²) in [5.74, 6) is 1.14. The van der Waals surface area contributed by atoms with E-state index in [0.717, 1.165) is 18.6 Å². The number of allylic oxidation sites excluding steroid dienone is 2. The van der Waals surface area contributed by atoms with Crippen LogP contribution in [0.1, 0.15) is 22.5 Å². The molecule has 0 radical (unpaired) electrons. The normalized spacial score (nSPS) is 28.9. The Hall–Kier alpha value is -1.42. The molecule has 3 rings (SSSR count). The van der Waals surface area contributed by atoms with Gasteiger partial charge in [0.1, 0.15) is 0 Å². The molecule has 4 heteroatoms. The number of carbonyl (C=O) groups is 1. The molecule has 1 heterocycles. The van der Waals surface area contributed by atoms with Crippen LogP contribution in [0.2, 0.25) is 0 Å². The van der Waals surface area contributed by atoms with Gasteiger partial charge in [-0.15, -0.1) is 11.3 Å². The van der Waals surface area contributed by atoms with Gasteiger partial charge in [-0.2, -0.15) is 5.10 Å². The Labute approximate surface area is 97.9 Å². The van der Waals surface area contributed by atoms with Crippen LogP contribution >= 0.6 is 11.3 Å². The van der Waals surface area contributed by atoms with Crippen molar-refractivity contribution in [1.82, 2.24) is 5.43 Å². The zero-order valence-corrected chi connectivity index (χ0v) is 9.54. The highest BCUT2D eigenvalue weighted by molar-refractivity contribution is 7.12. The van der Waals surface area contributed by atoms with E-state index in [2.05, 4.69) is 22.7 Å². The Bertz CT molecular complexity index is 461. The van der Waals surface area contributed by atoms with Crippen molar-refractivity contribution in [2.24, 2.45) is 16.9 Å². The van der Waals surface area contributed by atoms with E-state index in [9.17, 15) is 4.79 Å². The molecule has 0 aromatic carbocycles. The third-order valence-corrected chi connectivity index (χ3v) is 4.08. The van der Waals surface area contributed by atoms with E-state index >= 15 is 0 Å². The number of nitrogens with one attached hydrogen (secondary N) is 1. The van der Waals surface area contributed by atoms with Gasteiger partial charge in [0, 0.05) is 11.6 Å². The second-order valence-electron chi connectivity index (χ2n) is 4.16. The minimum absolute atomic E-state index is 0.100. The van der Waals surface area contributed by atoms with Gasteiger partial charge in [0.2, 0.25) is 0 Å². The number of nitrogens with zero attached hydrogens (tertiary/aromatic N) is 1. The summed E-state index contributed by atoms with van der Waals surface area (Å²) in [5.41, 5.74) is 3.77. The van der Waals surface area contributed by atoms with Crippen LogP contribution in [0, 0.1) is 11.8 Å². The zero-order valence-electron chi connectivity index (χ0n) is 8.72. The van der Waals surface area contributed by atoms with E-state index in [-0.39, 0.29) is 5.91 Å². The first kappa shape index (κ1) is 9.78. The molecule has 0 aliphatic heterocycles. The lowest BCUT2D eigenvalue weighted by Crippen LogP contribution is -2.35. The largest absolute Gasteiger partial charge is 0.281 e. The number of hydrogen-bond donors (Lipinski definition) is 1. The second-order valence-corrected chi connectivity index (χ2v) is 5.11. The predicted molar refractivity (Wildman–Crippen MR) is 64.6 cm³/mol. The molecule has 16 heavy (non-hydrogen) atoms. The minimum atomic E-state index is -0.100. The monoisotopic (exact) mass is 232 g/mol. The topological polar surface area (TPSA) is 41.5 Å². The van der Waals surface area contributed by atoms with E-state index in [0.29, 0.717) is 16.7 Å². The SMILES string of the molecule is O=C(NN=C1C[C@H]2C=CC[C@@H]12)c1cccs1. The Morgan fingerprint density at radius 3 is 3.25 bits per heavy atom. The van der Waals surface area contributed by atoms with Gasteiger partial charge in [-0.3, -0.25) is 4.79 Å². The lowest BCUT2D eigenvalue weighted by molar-refractivity contribution is 0.0958. The molecule has 0 spiro atoms. The predicted octanol–water partition coefficient (Wildman–Crippen LogP) is 2.43. The van der Waals surface area contributed by atoms with Crippen molar-refractivity contribution in [2.45, 2.75) is 12.8 Å². The fourth-order valence-corrected chi connectivity index (χ4v) is 2.86. The fraction of sp³-hybridized carbons (Fsp3) is 0.333. The molecule has 0 bridgehead atoms. The van der Waals surface area contributed by atoms with Crippen molar-refractivity contribution in [3.8, 4) is 0 Å². The molecule has 1 N–H and O–H groups in total. The van der Waals surface area contributed by atoms with E-state index in [1.54, 1.807) is 6.07 Å². The molecular formula is C12H12N2OS. The number of carbonyl (C=O) groups excluding carboxylic acids is 1. The molecule has 1 aromatic heterocycles. The molecule has 3 nitrogen and oxygen atoms in total. The third kappa shape index (κ3) is 1.59. The maximum absolute atomic E-state index is 11.6. The van der Waals surface area contributed by atoms with Crippen LogP contribution in [0.15, 0.2) is 34.8 Å². The van der Waals surface area contributed by atoms with Crippen molar-refractivity contribution < 1.29 is 4.79 Å². The van der Waals surface area contributed by atoms with Crippen LogP contribution in [0.3, 0.4) is 0 Å². The maximum atomic E-state index is 11.6. The van der Waals surface area contributed by atoms with Gasteiger partial charge in [-0.1, -0.05) is 18.2 Å². The molecule has 82 valence electrons. The van der Waals surface area contributed by atoms with Gasteiger partial charge >= 0.3 is 0 Å². The van der Waals surface area contributed by atoms with Crippen molar-refractivity contribution in [3.63, 3.8) is 0 Å². The molecule has 2 aliphatic rings. The number of rotatable bonds is 2. The first-order chi connectivity index (χ1) is 7.84. The first-order valence-corrected chi connectivity index (χ1v) is 6.29. The number of amides is 1. The fourth-order valence-electron chi connectivity index (χ4n) is 2.25. The average molecular weight is 232 g/mol. The Morgan fingerprint density at radius 1 is 1.56 bits per heavy atom. The van der Waals surface area contributed by atoms with Crippen molar-refractivity contribution in [3.05, 3.63) is 34.5 Å². The van der Waals surface area contributed by atoms with E-state index in [4.69, 9.17) is 0 Å². The summed E-state index contributed by atoms with van der Waals surface area (Å²) in [7, 11) is 0. The van der Waals surface area contributed by atoms with Crippen LogP contribution < -0.4 is 5.43 Å². The van der Waals surface area contributed by atoms with Crippen molar-refractivity contribution >= 4 is 23.0 Å². The van der Waals surface area contributed by atoms with E-state index < -0.39 is 0 Å². The highest BCUT2D eigenvalue weighted by Gasteiger charge is 2.37. The highest BCUT2D eigenvalue weighted by atomic mass is 32.1. The smallest absolute Gasteiger partial charge is 0.266 e. The summed E-state index contributed by atoms with van der Waals surface area (Å²) < 4.78 is 0. The van der Waals surface area contributed by atoms with Gasteiger partial charge in [0.25, 0.3) is 5.91 Å². The molecule has 0 saturated heterocycles. The Kier molecular flexibility index (Phi) is 2.36. The average Bonchev–Trinajstić information content (AvgIpc) is 2.88. The number of hydrazone groups is 1. The summed E-state index contributed by atoms with van der Waals surface area (Å²) in [4.78, 5) is 12.3. The summed E-state index contributed by atoms with van der Waals surface area (Å²) in [6, 6.07) is 3.67. The summed E-state index contributed by atoms with van der Waals surface area (Å²) in [5, 5.41) is 6.10. The molecule has 0 unspecified atom stereocenters. The van der Waals surface area contributed by atoms with Crippen molar-refractivity contribution in [1.29, 1.82) is 0 Å². The van der Waals surface area contributed by atoms with Crippen LogP contribution in [-0.2, 0) is 0 Å². The molecule has 1 saturated carbocycles. The molecule has 2 atom stereocenters. The van der Waals surface area contributed by atoms with Gasteiger partial charge in [-0.05, 0) is 30.2 Å². The standard InChI is InChI=1S/C12H12N2OS/c15-12(11-5-2-6-16-11)14-13-10-7-8-3-1-4-9(8)10/h1-3,5-6,8-9H,4,7H2,(H,14,15)/t8-,9-/m1/s1. The summed E-state index contributed by atoms with van der Waals surface area (Å²) >= 11 is 1.43. The first-order valence-electron chi connectivity index (χ1n) is 5.41. The lowest BCUT2D eigenvalue weighted by Gasteiger charge is -2.31. The highest BCUT2D eigenvalue weighted by Crippen LogP contribution is 2.40. The molecule has 2 aliphatic carbocycles. The molecule has 1 fully saturated rings. The Balaban J connectivity index is 1.61. The van der Waals surface area contributed by atoms with Gasteiger partial charge in [0.05, 0.1) is 4.88 Å². The number of thiophene rings is 1. The van der Waals surface area contributed by atoms with E-state index in [1.807, 2.05) is 11.4 Å². The van der Waals surface area contributed by atoms with E-state index in [1.165, 1.54) is 11.3 Å². The van der Waals surface area contributed by atoms with Gasteiger partial charge in [0.15, 0.2) is 0 Å².